The van der Waals surface area contributed by atoms with E-state index in [1.54, 1.807) is 117 Å². The molecule has 0 bridgehead atoms. The Morgan fingerprint density at radius 2 is 0.467 bits per heavy atom. The summed E-state index contributed by atoms with van der Waals surface area (Å²) in [5.74, 6) is -2.45. The van der Waals surface area contributed by atoms with Gasteiger partial charge in [-0.1, -0.05) is 54.7 Å². The molecule has 21 nitrogen and oxygen atoms in total. The average molecular weight is 1060 g/mol. The van der Waals surface area contributed by atoms with E-state index in [0.717, 1.165) is 0 Å². The molecule has 0 saturated carbocycles. The van der Waals surface area contributed by atoms with Gasteiger partial charge in [0.2, 0.25) is 0 Å². The van der Waals surface area contributed by atoms with Gasteiger partial charge in [0.1, 0.15) is 95.5 Å². The predicted molar refractivity (Wildman–Crippen MR) is 280 cm³/mol. The molecule has 0 aliphatic rings. The zero-order chi connectivity index (χ0) is 55.6. The van der Waals surface area contributed by atoms with Crippen molar-refractivity contribution < 1.29 is 71.2 Å². The van der Waals surface area contributed by atoms with Gasteiger partial charge < -0.3 is 56.8 Å². The highest BCUT2D eigenvalue weighted by atomic mass is 16.6. The smallest absolute Gasteiger partial charge is 0.336 e. The van der Waals surface area contributed by atoms with Crippen LogP contribution in [0.15, 0.2) is 125 Å². The van der Waals surface area contributed by atoms with Gasteiger partial charge >= 0.3 is 35.0 Å². The van der Waals surface area contributed by atoms with Crippen LogP contribution in [-0.4, -0.2) is 111 Å². The predicted octanol–water partition coefficient (Wildman–Crippen LogP) is 6.88. The summed E-state index contributed by atoms with van der Waals surface area (Å²) in [6.45, 7) is 13.7. The van der Waals surface area contributed by atoms with Crippen LogP contribution in [0.4, 0.5) is 0 Å². The van der Waals surface area contributed by atoms with E-state index in [-0.39, 0.29) is 79.3 Å². The minimum Gasteiger partial charge on any atom is -0.501 e. The second-order valence-electron chi connectivity index (χ2n) is 17.1. The first-order valence-corrected chi connectivity index (χ1v) is 24.7. The van der Waals surface area contributed by atoms with Crippen molar-refractivity contribution in [1.82, 2.24) is 13.7 Å². The number of hydrogen-bond donors (Lipinski definition) is 0. The fraction of sp³-hybridized carbons (Fsp3) is 0.556. The molecule has 0 saturated heterocycles. The lowest BCUT2D eigenvalue weighted by atomic mass is 9.92. The maximum absolute atomic E-state index is 14.1. The monoisotopic (exact) mass is 1060 g/mol. The zero-order valence-corrected chi connectivity index (χ0v) is 45.3. The highest BCUT2D eigenvalue weighted by Crippen LogP contribution is 2.24. The van der Waals surface area contributed by atoms with Gasteiger partial charge in [-0.3, -0.25) is 14.4 Å². The lowest BCUT2D eigenvalue weighted by Crippen LogP contribution is -2.55. The van der Waals surface area contributed by atoms with Gasteiger partial charge in [0.05, 0.1) is 75.6 Å². The largest absolute Gasteiger partial charge is 0.501 e. The van der Waals surface area contributed by atoms with Crippen molar-refractivity contribution in [1.29, 1.82) is 0 Å². The molecule has 1 aromatic heterocycles. The molecule has 0 unspecified atom stereocenters. The number of allylic oxidation sites excluding steroid dienone is 9. The van der Waals surface area contributed by atoms with E-state index >= 15 is 0 Å². The Morgan fingerprint density at radius 1 is 0.307 bits per heavy atom. The third kappa shape index (κ3) is 26.0. The van der Waals surface area contributed by atoms with Gasteiger partial charge in [0, 0.05) is 19.6 Å². The van der Waals surface area contributed by atoms with E-state index in [4.69, 9.17) is 56.8 Å². The summed E-state index contributed by atoms with van der Waals surface area (Å²) < 4.78 is 70.2. The van der Waals surface area contributed by atoms with Crippen LogP contribution in [0.2, 0.25) is 0 Å². The lowest BCUT2D eigenvalue weighted by Gasteiger charge is -2.31. The number of nitrogens with zero attached hydrogens (tertiary/aromatic N) is 3. The van der Waals surface area contributed by atoms with E-state index in [0.29, 0.717) is 13.7 Å². The summed E-state index contributed by atoms with van der Waals surface area (Å²) in [5, 5.41) is 0. The summed E-state index contributed by atoms with van der Waals surface area (Å²) in [6, 6.07) is 0. The number of ether oxygens (including phenoxy) is 12. The molecule has 1 aromatic rings. The molecule has 1 heterocycles. The van der Waals surface area contributed by atoms with Gasteiger partial charge in [0.25, 0.3) is 0 Å². The first kappa shape index (κ1) is 65.7. The van der Waals surface area contributed by atoms with E-state index in [9.17, 15) is 28.8 Å². The second kappa shape index (κ2) is 39.2. The summed E-state index contributed by atoms with van der Waals surface area (Å²) in [7, 11) is 0. The molecule has 75 heavy (non-hydrogen) atoms. The minimum atomic E-state index is -1.13. The van der Waals surface area contributed by atoms with Crippen molar-refractivity contribution in [2.75, 3.05) is 79.3 Å². The molecule has 0 aromatic carbocycles. The number of hydrogen-bond acceptors (Lipinski definition) is 18. The number of esters is 3. The SMILES string of the molecule is C/C=C/OCC(CO/C=C/C)(CO/C=C/C)COC(=O)CCn1c(=O)n(CCC(=O)OCC(CO/C=C/C)(CO/C=C/C)CO/C=C/C)c(=O)n(CCC(=O)OCC(CO/C=C/C)(CO/C=C/C)CO/C=C/C)c1=O. The highest BCUT2D eigenvalue weighted by Gasteiger charge is 2.38. The van der Waals surface area contributed by atoms with E-state index in [2.05, 4.69) is 0 Å². The molecule has 0 N–H and O–H groups in total. The first-order chi connectivity index (χ1) is 36.2. The Hall–Kier alpha value is -7.32. The molecule has 0 aliphatic heterocycles. The molecule has 0 spiro atoms. The van der Waals surface area contributed by atoms with Crippen molar-refractivity contribution in [3.05, 3.63) is 142 Å². The maximum Gasteiger partial charge on any atom is 0.336 e. The van der Waals surface area contributed by atoms with Crippen molar-refractivity contribution in [3.63, 3.8) is 0 Å². The molecule has 0 fully saturated rings. The zero-order valence-electron chi connectivity index (χ0n) is 45.3. The van der Waals surface area contributed by atoms with Crippen LogP contribution in [0.25, 0.3) is 0 Å². The van der Waals surface area contributed by atoms with Crippen LogP contribution in [0.3, 0.4) is 0 Å². The first-order valence-electron chi connectivity index (χ1n) is 24.7. The Bertz CT molecular complexity index is 1860. The molecule has 0 atom stereocenters. The van der Waals surface area contributed by atoms with Crippen LogP contribution < -0.4 is 17.1 Å². The lowest BCUT2D eigenvalue weighted by molar-refractivity contribution is -0.153. The van der Waals surface area contributed by atoms with E-state index < -0.39 is 90.1 Å². The van der Waals surface area contributed by atoms with Crippen molar-refractivity contribution >= 4 is 17.9 Å². The van der Waals surface area contributed by atoms with E-state index in [1.807, 2.05) is 0 Å². The molecule has 0 amide bonds. The minimum absolute atomic E-state index is 0.0254. The van der Waals surface area contributed by atoms with Crippen LogP contribution in [0.1, 0.15) is 81.6 Å². The molecular weight excluding hydrogens is 979 g/mol. The van der Waals surface area contributed by atoms with Crippen molar-refractivity contribution in [2.45, 2.75) is 101 Å². The van der Waals surface area contributed by atoms with E-state index in [1.165, 1.54) is 56.4 Å². The second-order valence-corrected chi connectivity index (χ2v) is 17.1. The fourth-order valence-corrected chi connectivity index (χ4v) is 6.42. The van der Waals surface area contributed by atoms with Crippen LogP contribution >= 0.6 is 0 Å². The number of rotatable bonds is 42. The molecule has 0 radical (unpaired) electrons. The van der Waals surface area contributed by atoms with Crippen molar-refractivity contribution in [3.8, 4) is 0 Å². The summed E-state index contributed by atoms with van der Waals surface area (Å²) in [6.07, 6.45) is 26.9. The third-order valence-corrected chi connectivity index (χ3v) is 10.2. The number of carbonyl (C=O) groups is 3. The average Bonchev–Trinajstić information content (AvgIpc) is 3.39. The Balaban J connectivity index is 3.70. The standard InChI is InChI=1S/C54H81N3O18/c1-10-25-64-34-52(35-65-26-11-2,36-66-27-12-3)43-73-46(58)19-22-55-49(61)56(23-20-47(59)74-44-53(37-67-28-13-4,38-68-29-14-5)39-69-30-15-6)51(63)57(50(55)62)24-21-48(60)75-45-54(40-70-31-16-7,41-71-32-17-8)42-72-33-18-9/h10-18,25-33H,19-24,34-45H2,1-9H3/b25-10+,26-11+,27-12+,28-13+,29-14+,30-15+,31-16+,32-17+,33-18+. The van der Waals surface area contributed by atoms with Gasteiger partial charge in [-0.05, 0) is 62.3 Å². The summed E-state index contributed by atoms with van der Waals surface area (Å²) in [5.41, 5.74) is -6.40. The van der Waals surface area contributed by atoms with Crippen LogP contribution in [0.5, 0.6) is 0 Å². The normalized spacial score (nSPS) is 12.6. The van der Waals surface area contributed by atoms with Gasteiger partial charge in [-0.2, -0.15) is 0 Å². The van der Waals surface area contributed by atoms with Gasteiger partial charge in [-0.15, -0.1) is 0 Å². The van der Waals surface area contributed by atoms with Crippen LogP contribution in [-0.2, 0) is 90.9 Å². The Labute approximate surface area is 440 Å². The molecule has 420 valence electrons. The summed E-state index contributed by atoms with van der Waals surface area (Å²) in [4.78, 5) is 82.7. The third-order valence-electron chi connectivity index (χ3n) is 10.2. The topological polar surface area (TPSA) is 228 Å². The maximum atomic E-state index is 14.1. The number of aromatic nitrogens is 3. The molecule has 1 rings (SSSR count). The van der Waals surface area contributed by atoms with Gasteiger partial charge in [0.15, 0.2) is 0 Å². The molecule has 0 aliphatic carbocycles. The number of carbonyl (C=O) groups excluding carboxylic acids is 3. The Kier molecular flexibility index (Phi) is 34.3. The van der Waals surface area contributed by atoms with Crippen LogP contribution in [0, 0.1) is 16.2 Å². The highest BCUT2D eigenvalue weighted by molar-refractivity contribution is 5.70. The summed E-state index contributed by atoms with van der Waals surface area (Å²) >= 11 is 0. The van der Waals surface area contributed by atoms with Crippen molar-refractivity contribution in [2.24, 2.45) is 16.2 Å². The Morgan fingerprint density at radius 3 is 0.613 bits per heavy atom. The molecular formula is C54H81N3O18. The fourth-order valence-electron chi connectivity index (χ4n) is 6.42. The van der Waals surface area contributed by atoms with Gasteiger partial charge in [-0.25, -0.2) is 28.1 Å². The molecule has 21 heteroatoms. The quantitative estimate of drug-likeness (QED) is 0.0369.